The number of hydrazone groups is 1. The summed E-state index contributed by atoms with van der Waals surface area (Å²) in [5.41, 5.74) is 5.06. The van der Waals surface area contributed by atoms with E-state index in [1.165, 1.54) is 12.1 Å². The zero-order chi connectivity index (χ0) is 15.8. The van der Waals surface area contributed by atoms with Gasteiger partial charge in [-0.1, -0.05) is 24.3 Å². The lowest BCUT2D eigenvalue weighted by atomic mass is 10.2. The second-order valence-electron chi connectivity index (χ2n) is 4.41. The zero-order valence-corrected chi connectivity index (χ0v) is 12.4. The van der Waals surface area contributed by atoms with Crippen LogP contribution in [-0.4, -0.2) is 11.3 Å². The molecule has 0 spiro atoms. The molecule has 0 aliphatic rings. The maximum absolute atomic E-state index is 12.8. The Morgan fingerprint density at radius 1 is 1.18 bits per heavy atom. The number of hydrogen-bond donors (Lipinski definition) is 2. The highest BCUT2D eigenvalue weighted by Crippen LogP contribution is 2.02. The van der Waals surface area contributed by atoms with Gasteiger partial charge in [-0.15, -0.1) is 0 Å². The molecule has 0 amide bonds. The molecule has 22 heavy (non-hydrogen) atoms. The van der Waals surface area contributed by atoms with E-state index in [0.29, 0.717) is 17.2 Å². The van der Waals surface area contributed by atoms with Crippen LogP contribution < -0.4 is 10.7 Å². The minimum atomic E-state index is -0.267. The van der Waals surface area contributed by atoms with Crippen LogP contribution in [-0.2, 0) is 6.54 Å². The number of nitriles is 1. The third-order valence-corrected chi connectivity index (χ3v) is 3.02. The summed E-state index contributed by atoms with van der Waals surface area (Å²) in [7, 11) is 0. The Hall–Kier alpha value is -2.78. The second kappa shape index (κ2) is 7.86. The van der Waals surface area contributed by atoms with Gasteiger partial charge in [0.25, 0.3) is 0 Å². The summed E-state index contributed by atoms with van der Waals surface area (Å²) in [6, 6.07) is 15.2. The summed E-state index contributed by atoms with van der Waals surface area (Å²) >= 11 is 5.08. The van der Waals surface area contributed by atoms with Crippen LogP contribution in [0.15, 0.2) is 53.6 Å². The Morgan fingerprint density at radius 2 is 1.86 bits per heavy atom. The fourth-order valence-corrected chi connectivity index (χ4v) is 1.76. The SMILES string of the molecule is N#Cc1ccc(/C=N\NC(=S)NCc2ccc(F)cc2)cc1. The normalized spacial score (nSPS) is 10.2. The van der Waals surface area contributed by atoms with Crippen LogP contribution in [0.1, 0.15) is 16.7 Å². The predicted octanol–water partition coefficient (Wildman–Crippen LogP) is 2.70. The molecular weight excluding hydrogens is 299 g/mol. The fourth-order valence-electron chi connectivity index (χ4n) is 1.63. The molecule has 0 radical (unpaired) electrons. The van der Waals surface area contributed by atoms with Gasteiger partial charge in [0.1, 0.15) is 5.82 Å². The van der Waals surface area contributed by atoms with Crippen molar-refractivity contribution in [3.63, 3.8) is 0 Å². The Kier molecular flexibility index (Phi) is 5.57. The van der Waals surface area contributed by atoms with E-state index in [4.69, 9.17) is 17.5 Å². The van der Waals surface area contributed by atoms with Crippen LogP contribution in [0.2, 0.25) is 0 Å². The van der Waals surface area contributed by atoms with Crippen LogP contribution >= 0.6 is 12.2 Å². The first-order valence-corrected chi connectivity index (χ1v) is 6.90. The van der Waals surface area contributed by atoms with E-state index in [9.17, 15) is 4.39 Å². The van der Waals surface area contributed by atoms with Crippen LogP contribution in [0.5, 0.6) is 0 Å². The van der Waals surface area contributed by atoms with E-state index >= 15 is 0 Å². The number of thiocarbonyl (C=S) groups is 1. The molecule has 2 aromatic rings. The van der Waals surface area contributed by atoms with Crippen molar-refractivity contribution in [1.82, 2.24) is 10.7 Å². The van der Waals surface area contributed by atoms with Crippen molar-refractivity contribution in [3.05, 3.63) is 71.0 Å². The first-order valence-electron chi connectivity index (χ1n) is 6.49. The van der Waals surface area contributed by atoms with Crippen molar-refractivity contribution in [1.29, 1.82) is 5.26 Å². The van der Waals surface area contributed by atoms with Crippen molar-refractivity contribution in [2.24, 2.45) is 5.10 Å². The molecule has 0 unspecified atom stereocenters. The molecule has 0 atom stereocenters. The van der Waals surface area contributed by atoms with Gasteiger partial charge in [0, 0.05) is 6.54 Å². The van der Waals surface area contributed by atoms with Crippen molar-refractivity contribution >= 4 is 23.5 Å². The lowest BCUT2D eigenvalue weighted by Gasteiger charge is -2.06. The smallest absolute Gasteiger partial charge is 0.187 e. The molecule has 110 valence electrons. The molecule has 6 heteroatoms. The summed E-state index contributed by atoms with van der Waals surface area (Å²) in [5, 5.41) is 16.0. The zero-order valence-electron chi connectivity index (χ0n) is 11.6. The van der Waals surface area contributed by atoms with Gasteiger partial charge in [-0.3, -0.25) is 5.43 Å². The number of nitrogens with zero attached hydrogens (tertiary/aromatic N) is 2. The molecule has 0 saturated carbocycles. The topological polar surface area (TPSA) is 60.2 Å². The van der Waals surface area contributed by atoms with Crippen molar-refractivity contribution in [3.8, 4) is 6.07 Å². The highest BCUT2D eigenvalue weighted by Gasteiger charge is 1.96. The van der Waals surface area contributed by atoms with Gasteiger partial charge in [0.15, 0.2) is 5.11 Å². The molecule has 4 nitrogen and oxygen atoms in total. The predicted molar refractivity (Wildman–Crippen MR) is 87.7 cm³/mol. The Balaban J connectivity index is 1.78. The minimum absolute atomic E-state index is 0.267. The quantitative estimate of drug-likeness (QED) is 0.518. The van der Waals surface area contributed by atoms with E-state index < -0.39 is 0 Å². The molecule has 0 aromatic heterocycles. The molecule has 2 N–H and O–H groups in total. The molecule has 0 fully saturated rings. The average Bonchev–Trinajstić information content (AvgIpc) is 2.55. The van der Waals surface area contributed by atoms with Gasteiger partial charge in [-0.05, 0) is 47.6 Å². The number of halogens is 1. The van der Waals surface area contributed by atoms with Crippen molar-refractivity contribution in [2.75, 3.05) is 0 Å². The van der Waals surface area contributed by atoms with E-state index in [1.54, 1.807) is 42.6 Å². The van der Waals surface area contributed by atoms with Crippen LogP contribution in [0.25, 0.3) is 0 Å². The van der Waals surface area contributed by atoms with Gasteiger partial charge < -0.3 is 5.32 Å². The molecule has 0 saturated heterocycles. The van der Waals surface area contributed by atoms with Crippen LogP contribution in [0.4, 0.5) is 4.39 Å². The summed E-state index contributed by atoms with van der Waals surface area (Å²) < 4.78 is 12.8. The third-order valence-electron chi connectivity index (χ3n) is 2.79. The molecule has 2 rings (SSSR count). The van der Waals surface area contributed by atoms with Gasteiger partial charge >= 0.3 is 0 Å². The highest BCUT2D eigenvalue weighted by atomic mass is 32.1. The monoisotopic (exact) mass is 312 g/mol. The Morgan fingerprint density at radius 3 is 2.50 bits per heavy atom. The van der Waals surface area contributed by atoms with Gasteiger partial charge in [0.2, 0.25) is 0 Å². The Labute approximate surface area is 133 Å². The van der Waals surface area contributed by atoms with E-state index in [-0.39, 0.29) is 5.82 Å². The molecule has 0 heterocycles. The standard InChI is InChI=1S/C16H13FN4S/c17-15-7-5-13(6-8-15)10-19-16(22)21-20-11-14-3-1-12(9-18)2-4-14/h1-8,11H,10H2,(H2,19,21,22)/b20-11-. The Bertz CT molecular complexity index is 702. The minimum Gasteiger partial charge on any atom is -0.357 e. The highest BCUT2D eigenvalue weighted by molar-refractivity contribution is 7.80. The maximum Gasteiger partial charge on any atom is 0.187 e. The van der Waals surface area contributed by atoms with Crippen LogP contribution in [0, 0.1) is 17.1 Å². The van der Waals surface area contributed by atoms with Crippen molar-refractivity contribution < 1.29 is 4.39 Å². The second-order valence-corrected chi connectivity index (χ2v) is 4.82. The third kappa shape index (κ3) is 4.96. The molecule has 0 aliphatic carbocycles. The number of benzene rings is 2. The number of rotatable bonds is 4. The molecule has 0 aliphatic heterocycles. The van der Waals surface area contributed by atoms with Gasteiger partial charge in [-0.25, -0.2) is 4.39 Å². The number of hydrogen-bond acceptors (Lipinski definition) is 3. The summed E-state index contributed by atoms with van der Waals surface area (Å²) in [6.45, 7) is 0.485. The van der Waals surface area contributed by atoms with Crippen molar-refractivity contribution in [2.45, 2.75) is 6.54 Å². The molecule has 0 bridgehead atoms. The van der Waals surface area contributed by atoms with Gasteiger partial charge in [0.05, 0.1) is 17.8 Å². The summed E-state index contributed by atoms with van der Waals surface area (Å²) in [5.74, 6) is -0.267. The maximum atomic E-state index is 12.8. The first kappa shape index (κ1) is 15.6. The lowest BCUT2D eigenvalue weighted by Crippen LogP contribution is -2.31. The molecule has 2 aromatic carbocycles. The molecular formula is C16H13FN4S. The summed E-state index contributed by atoms with van der Waals surface area (Å²) in [6.07, 6.45) is 1.60. The van der Waals surface area contributed by atoms with Crippen LogP contribution in [0.3, 0.4) is 0 Å². The number of nitrogens with one attached hydrogen (secondary N) is 2. The van der Waals surface area contributed by atoms with E-state index in [2.05, 4.69) is 15.8 Å². The lowest BCUT2D eigenvalue weighted by molar-refractivity contribution is 0.626. The summed E-state index contributed by atoms with van der Waals surface area (Å²) in [4.78, 5) is 0. The average molecular weight is 312 g/mol. The largest absolute Gasteiger partial charge is 0.357 e. The van der Waals surface area contributed by atoms with E-state index in [1.807, 2.05) is 6.07 Å². The van der Waals surface area contributed by atoms with E-state index in [0.717, 1.165) is 11.1 Å². The fraction of sp³-hybridized carbons (Fsp3) is 0.0625. The van der Waals surface area contributed by atoms with Gasteiger partial charge in [-0.2, -0.15) is 10.4 Å². The first-order chi connectivity index (χ1) is 10.7.